The highest BCUT2D eigenvalue weighted by Gasteiger charge is 2.24. The van der Waals surface area contributed by atoms with Gasteiger partial charge in [0.05, 0.1) is 6.10 Å². The average Bonchev–Trinajstić information content (AvgIpc) is 2.30. The van der Waals surface area contributed by atoms with E-state index in [1.807, 2.05) is 23.5 Å². The summed E-state index contributed by atoms with van der Waals surface area (Å²) in [6.45, 7) is 0. The Balaban J connectivity index is 2.03. The second kappa shape index (κ2) is 5.00. The number of hydrogen-bond acceptors (Lipinski definition) is 5. The lowest BCUT2D eigenvalue weighted by Crippen LogP contribution is -2.22. The van der Waals surface area contributed by atoms with Crippen molar-refractivity contribution in [1.29, 1.82) is 0 Å². The van der Waals surface area contributed by atoms with Gasteiger partial charge in [-0.15, -0.1) is 0 Å². The summed E-state index contributed by atoms with van der Waals surface area (Å²) in [6.07, 6.45) is 4.45. The second-order valence-corrected chi connectivity index (χ2v) is 5.60. The van der Waals surface area contributed by atoms with Crippen LogP contribution >= 0.6 is 23.5 Å². The fourth-order valence-electron chi connectivity index (χ4n) is 1.37. The van der Waals surface area contributed by atoms with Gasteiger partial charge in [0.1, 0.15) is 6.33 Å². The number of aliphatic hydroxyl groups is 1. The van der Waals surface area contributed by atoms with E-state index in [0.717, 1.165) is 17.1 Å². The Labute approximate surface area is 91.7 Å². The van der Waals surface area contributed by atoms with Gasteiger partial charge in [0.25, 0.3) is 0 Å². The second-order valence-electron chi connectivity index (χ2n) is 3.10. The smallest absolute Gasteiger partial charge is 0.115 e. The first kappa shape index (κ1) is 10.3. The average molecular weight is 228 g/mol. The Morgan fingerprint density at radius 1 is 1.36 bits per heavy atom. The van der Waals surface area contributed by atoms with Crippen molar-refractivity contribution in [3.8, 4) is 0 Å². The lowest BCUT2D eigenvalue weighted by Gasteiger charge is -2.25. The normalized spacial score (nSPS) is 24.5. The Morgan fingerprint density at radius 2 is 2.14 bits per heavy atom. The molecule has 2 atom stereocenters. The number of aromatic nitrogens is 2. The maximum absolute atomic E-state index is 10.0. The van der Waals surface area contributed by atoms with E-state index >= 15 is 0 Å². The highest BCUT2D eigenvalue weighted by atomic mass is 32.2. The summed E-state index contributed by atoms with van der Waals surface area (Å²) in [7, 11) is 0. The molecule has 1 saturated heterocycles. The van der Waals surface area contributed by atoms with E-state index in [2.05, 4.69) is 9.97 Å². The van der Waals surface area contributed by atoms with E-state index in [9.17, 15) is 5.11 Å². The molecule has 1 fully saturated rings. The summed E-state index contributed by atoms with van der Waals surface area (Å²) in [6, 6.07) is 0. The van der Waals surface area contributed by atoms with Crippen LogP contribution in [0, 0.1) is 0 Å². The molecule has 0 amide bonds. The summed E-state index contributed by atoms with van der Waals surface area (Å²) in [4.78, 5) is 7.83. The van der Waals surface area contributed by atoms with E-state index in [0.29, 0.717) is 5.25 Å². The Bertz CT molecular complexity index is 277. The molecule has 2 rings (SSSR count). The summed E-state index contributed by atoms with van der Waals surface area (Å²) in [5.41, 5.74) is 0.826. The van der Waals surface area contributed by atoms with Crippen molar-refractivity contribution in [2.24, 2.45) is 0 Å². The maximum atomic E-state index is 10.0. The highest BCUT2D eigenvalue weighted by molar-refractivity contribution is 8.06. The molecular formula is C9H12N2OS2. The quantitative estimate of drug-likeness (QED) is 0.828. The molecule has 2 heterocycles. The molecule has 2 unspecified atom stereocenters. The Kier molecular flexibility index (Phi) is 3.67. The molecule has 5 heteroatoms. The largest absolute Gasteiger partial charge is 0.387 e. The molecule has 1 N–H and O–H groups in total. The van der Waals surface area contributed by atoms with E-state index < -0.39 is 6.10 Å². The summed E-state index contributed by atoms with van der Waals surface area (Å²) in [5, 5.41) is 10.3. The van der Waals surface area contributed by atoms with Crippen molar-refractivity contribution in [2.45, 2.75) is 11.4 Å². The van der Waals surface area contributed by atoms with E-state index in [1.54, 1.807) is 12.4 Å². The van der Waals surface area contributed by atoms with Crippen molar-refractivity contribution >= 4 is 23.5 Å². The molecule has 0 radical (unpaired) electrons. The van der Waals surface area contributed by atoms with Gasteiger partial charge >= 0.3 is 0 Å². The van der Waals surface area contributed by atoms with Crippen LogP contribution in [0.1, 0.15) is 11.7 Å². The van der Waals surface area contributed by atoms with Gasteiger partial charge in [-0.1, -0.05) is 0 Å². The Hall–Kier alpha value is -0.260. The summed E-state index contributed by atoms with van der Waals surface area (Å²) < 4.78 is 0. The summed E-state index contributed by atoms with van der Waals surface area (Å²) >= 11 is 3.74. The van der Waals surface area contributed by atoms with Gasteiger partial charge in [0, 0.05) is 40.5 Å². The van der Waals surface area contributed by atoms with Gasteiger partial charge in [-0.2, -0.15) is 23.5 Å². The van der Waals surface area contributed by atoms with Gasteiger partial charge in [0.15, 0.2) is 0 Å². The molecule has 3 nitrogen and oxygen atoms in total. The third-order valence-corrected chi connectivity index (χ3v) is 4.97. The standard InChI is InChI=1S/C9H12N2OS2/c12-9(7-3-10-6-11-4-7)8-5-13-1-2-14-8/h3-4,6,8-9,12H,1-2,5H2. The van der Waals surface area contributed by atoms with Crippen LogP contribution in [0.5, 0.6) is 0 Å². The first-order valence-electron chi connectivity index (χ1n) is 4.50. The van der Waals surface area contributed by atoms with E-state index in [-0.39, 0.29) is 0 Å². The minimum Gasteiger partial charge on any atom is -0.387 e. The first-order valence-corrected chi connectivity index (χ1v) is 6.70. The zero-order chi connectivity index (χ0) is 9.80. The zero-order valence-electron chi connectivity index (χ0n) is 7.67. The molecule has 14 heavy (non-hydrogen) atoms. The predicted molar refractivity (Wildman–Crippen MR) is 60.6 cm³/mol. The van der Waals surface area contributed by atoms with Crippen LogP contribution in [0.15, 0.2) is 18.7 Å². The van der Waals surface area contributed by atoms with Gasteiger partial charge in [-0.3, -0.25) is 0 Å². The van der Waals surface area contributed by atoms with Crippen LogP contribution in [0.3, 0.4) is 0 Å². The minimum absolute atomic E-state index is 0.291. The van der Waals surface area contributed by atoms with Crippen LogP contribution in [0.25, 0.3) is 0 Å². The predicted octanol–water partition coefficient (Wildman–Crippen LogP) is 1.36. The van der Waals surface area contributed by atoms with Crippen molar-refractivity contribution in [1.82, 2.24) is 9.97 Å². The topological polar surface area (TPSA) is 46.0 Å². The van der Waals surface area contributed by atoms with Gasteiger partial charge in [-0.25, -0.2) is 9.97 Å². The lowest BCUT2D eigenvalue weighted by atomic mass is 10.1. The molecule has 0 saturated carbocycles. The molecule has 0 bridgehead atoms. The number of rotatable bonds is 2. The molecule has 1 aromatic heterocycles. The first-order chi connectivity index (χ1) is 6.88. The van der Waals surface area contributed by atoms with Gasteiger partial charge in [-0.05, 0) is 0 Å². The molecule has 0 spiro atoms. The molecule has 0 aliphatic carbocycles. The number of hydrogen-bond donors (Lipinski definition) is 1. The number of aliphatic hydroxyl groups excluding tert-OH is 1. The maximum Gasteiger partial charge on any atom is 0.115 e. The lowest BCUT2D eigenvalue weighted by molar-refractivity contribution is 0.179. The van der Waals surface area contributed by atoms with Crippen molar-refractivity contribution < 1.29 is 5.11 Å². The zero-order valence-corrected chi connectivity index (χ0v) is 9.30. The van der Waals surface area contributed by atoms with Crippen molar-refractivity contribution in [3.05, 3.63) is 24.3 Å². The monoisotopic (exact) mass is 228 g/mol. The van der Waals surface area contributed by atoms with Crippen molar-refractivity contribution in [3.63, 3.8) is 0 Å². The summed E-state index contributed by atoms with van der Waals surface area (Å²) in [5.74, 6) is 3.33. The van der Waals surface area contributed by atoms with E-state index in [4.69, 9.17) is 0 Å². The third kappa shape index (κ3) is 2.40. The molecule has 0 aromatic carbocycles. The molecule has 1 aliphatic rings. The Morgan fingerprint density at radius 3 is 2.79 bits per heavy atom. The van der Waals surface area contributed by atoms with Crippen LogP contribution in [0.4, 0.5) is 0 Å². The van der Waals surface area contributed by atoms with Gasteiger partial charge in [0.2, 0.25) is 0 Å². The molecule has 1 aromatic rings. The fourth-order valence-corrected chi connectivity index (χ4v) is 4.12. The van der Waals surface area contributed by atoms with Crippen LogP contribution in [-0.4, -0.2) is 37.6 Å². The van der Waals surface area contributed by atoms with Crippen LogP contribution < -0.4 is 0 Å². The number of thioether (sulfide) groups is 2. The van der Waals surface area contributed by atoms with Crippen LogP contribution in [-0.2, 0) is 0 Å². The minimum atomic E-state index is -0.422. The third-order valence-electron chi connectivity index (χ3n) is 2.12. The van der Waals surface area contributed by atoms with Crippen molar-refractivity contribution in [2.75, 3.05) is 17.3 Å². The molecule has 1 aliphatic heterocycles. The van der Waals surface area contributed by atoms with E-state index in [1.165, 1.54) is 12.1 Å². The molecular weight excluding hydrogens is 216 g/mol. The SMILES string of the molecule is OC(c1cncnc1)C1CSCCS1. The number of nitrogens with zero attached hydrogens (tertiary/aromatic N) is 2. The van der Waals surface area contributed by atoms with Gasteiger partial charge < -0.3 is 5.11 Å². The fraction of sp³-hybridized carbons (Fsp3) is 0.556. The van der Waals surface area contributed by atoms with Crippen LogP contribution in [0.2, 0.25) is 0 Å². The molecule has 76 valence electrons. The highest BCUT2D eigenvalue weighted by Crippen LogP contribution is 2.32.